The molecule has 0 saturated carbocycles. The van der Waals surface area contributed by atoms with Crippen LogP contribution in [-0.4, -0.2) is 84.9 Å². The Labute approximate surface area is 160 Å². The van der Waals surface area contributed by atoms with E-state index in [0.717, 1.165) is 13.0 Å². The van der Waals surface area contributed by atoms with Gasteiger partial charge in [-0.05, 0) is 14.1 Å². The van der Waals surface area contributed by atoms with Crippen molar-refractivity contribution in [3.63, 3.8) is 0 Å². The molecule has 3 unspecified atom stereocenters. The molecule has 1 N–H and O–H groups in total. The van der Waals surface area contributed by atoms with E-state index in [4.69, 9.17) is 9.47 Å². The van der Waals surface area contributed by atoms with Gasteiger partial charge in [-0.3, -0.25) is 19.4 Å². The Kier molecular flexibility index (Phi) is 8.20. The van der Waals surface area contributed by atoms with Crippen LogP contribution in [0.4, 0.5) is 0 Å². The number of esters is 2. The van der Waals surface area contributed by atoms with E-state index in [1.54, 1.807) is 11.9 Å². The number of carbonyl (C=O) groups is 2. The third kappa shape index (κ3) is 5.27. The van der Waals surface area contributed by atoms with Crippen molar-refractivity contribution in [1.29, 1.82) is 0 Å². The summed E-state index contributed by atoms with van der Waals surface area (Å²) in [6.45, 7) is 5.15. The maximum absolute atomic E-state index is 11.3. The predicted octanol–water partition coefficient (Wildman–Crippen LogP) is -3.49. The zero-order chi connectivity index (χ0) is 16.3. The number of rotatable bonds is 3. The fourth-order valence-corrected chi connectivity index (χ4v) is 3.04. The van der Waals surface area contributed by atoms with Gasteiger partial charge in [-0.1, -0.05) is 12.7 Å². The number of hydrogen-bond acceptors (Lipinski definition) is 7. The molecular formula is C15H25N2NaO5. The summed E-state index contributed by atoms with van der Waals surface area (Å²) in [7, 11) is 3.77. The summed E-state index contributed by atoms with van der Waals surface area (Å²) >= 11 is 0. The van der Waals surface area contributed by atoms with E-state index in [9.17, 15) is 14.7 Å². The molecule has 0 aromatic carbocycles. The first-order chi connectivity index (χ1) is 10.4. The molecule has 3 heterocycles. The third-order valence-electron chi connectivity index (χ3n) is 4.21. The maximum Gasteiger partial charge on any atom is 1.00 e. The summed E-state index contributed by atoms with van der Waals surface area (Å²) in [5.74, 6) is -0.312. The first-order valence-electron chi connectivity index (χ1n) is 7.49. The van der Waals surface area contributed by atoms with E-state index in [0.29, 0.717) is 13.0 Å². The summed E-state index contributed by atoms with van der Waals surface area (Å²) in [6.07, 6.45) is 2.70. The van der Waals surface area contributed by atoms with Crippen LogP contribution in [0.2, 0.25) is 0 Å². The number of nitrogens with zero attached hydrogens (tertiary/aromatic N) is 2. The number of aliphatic hydroxyl groups excluding tert-OH is 1. The number of morpholine rings is 1. The first kappa shape index (κ1) is 20.6. The van der Waals surface area contributed by atoms with Crippen molar-refractivity contribution in [1.82, 2.24) is 9.80 Å². The number of hydrogen-bond donors (Lipinski definition) is 1. The minimum absolute atomic E-state index is 0. The Morgan fingerprint density at radius 2 is 2.13 bits per heavy atom. The van der Waals surface area contributed by atoms with Gasteiger partial charge in [0.25, 0.3) is 0 Å². The van der Waals surface area contributed by atoms with Crippen molar-refractivity contribution in [3.05, 3.63) is 12.7 Å². The van der Waals surface area contributed by atoms with E-state index in [1.807, 2.05) is 7.05 Å². The fourth-order valence-electron chi connectivity index (χ4n) is 3.04. The van der Waals surface area contributed by atoms with Crippen molar-refractivity contribution >= 4 is 11.9 Å². The number of aliphatic hydroxyl groups is 1. The van der Waals surface area contributed by atoms with Crippen LogP contribution in [0.1, 0.15) is 14.3 Å². The SMILES string of the molecule is C=CCOC(=O)C1C[C@H](O)CN1C.CN1CC2CC1C(=O)O2.[H-].[Na+]. The summed E-state index contributed by atoms with van der Waals surface area (Å²) in [6, 6.07) is -0.218. The Morgan fingerprint density at radius 1 is 1.43 bits per heavy atom. The molecule has 126 valence electrons. The standard InChI is InChI=1S/C9H15NO3.C6H9NO2.Na.H/c1-3-4-13-9(12)8-5-7(11)6-10(8)2;1-7-3-4-2-5(7)6(8)9-4;;/h3,7-8,11H,1,4-6H2,2H3;4-5H,2-3H2,1H3;;/q;;+1;-1/t7-,8?;;;/m0.../s1. The summed E-state index contributed by atoms with van der Waals surface area (Å²) in [5.41, 5.74) is 0. The van der Waals surface area contributed by atoms with Crippen LogP contribution < -0.4 is 29.6 Å². The summed E-state index contributed by atoms with van der Waals surface area (Å²) < 4.78 is 9.83. The number of β-amino-alcohol motifs (C(OH)–C–C–N with tert-alkyl or cyclic N) is 1. The molecule has 0 aromatic rings. The third-order valence-corrected chi connectivity index (χ3v) is 4.21. The van der Waals surface area contributed by atoms with Gasteiger partial charge in [-0.25, -0.2) is 0 Å². The van der Waals surface area contributed by atoms with Gasteiger partial charge in [0.2, 0.25) is 0 Å². The smallest absolute Gasteiger partial charge is 1.00 e. The quantitative estimate of drug-likeness (QED) is 0.326. The van der Waals surface area contributed by atoms with Gasteiger partial charge in [0.1, 0.15) is 24.8 Å². The Balaban J connectivity index is 0.000000425. The molecule has 3 fully saturated rings. The van der Waals surface area contributed by atoms with Gasteiger partial charge in [-0.15, -0.1) is 0 Å². The average Bonchev–Trinajstić information content (AvgIpc) is 3.10. The van der Waals surface area contributed by atoms with Crippen molar-refractivity contribution in [3.8, 4) is 0 Å². The minimum atomic E-state index is -0.411. The molecule has 0 aliphatic carbocycles. The monoisotopic (exact) mass is 336 g/mol. The number of fused-ring (bicyclic) bond motifs is 2. The minimum Gasteiger partial charge on any atom is -1.00 e. The van der Waals surface area contributed by atoms with Gasteiger partial charge >= 0.3 is 41.5 Å². The fraction of sp³-hybridized carbons (Fsp3) is 0.733. The van der Waals surface area contributed by atoms with E-state index in [-0.39, 0.29) is 67.7 Å². The molecule has 0 amide bonds. The molecule has 4 atom stereocenters. The van der Waals surface area contributed by atoms with Crippen LogP contribution >= 0.6 is 0 Å². The molecule has 3 saturated heterocycles. The van der Waals surface area contributed by atoms with E-state index in [1.165, 1.54) is 6.08 Å². The Morgan fingerprint density at radius 3 is 2.52 bits per heavy atom. The molecule has 3 aliphatic heterocycles. The van der Waals surface area contributed by atoms with Gasteiger partial charge in [0.15, 0.2) is 0 Å². The second kappa shape index (κ2) is 9.15. The largest absolute Gasteiger partial charge is 1.00 e. The predicted molar refractivity (Wildman–Crippen MR) is 80.2 cm³/mol. The molecule has 3 rings (SSSR count). The zero-order valence-electron chi connectivity index (χ0n) is 15.1. The number of carbonyl (C=O) groups excluding carboxylic acids is 2. The molecule has 7 nitrogen and oxygen atoms in total. The second-order valence-electron chi connectivity index (χ2n) is 6.01. The van der Waals surface area contributed by atoms with E-state index >= 15 is 0 Å². The van der Waals surface area contributed by atoms with Crippen LogP contribution in [-0.2, 0) is 19.1 Å². The van der Waals surface area contributed by atoms with Gasteiger partial charge in [0, 0.05) is 25.9 Å². The maximum atomic E-state index is 11.3. The molecule has 0 spiro atoms. The van der Waals surface area contributed by atoms with Gasteiger partial charge in [0.05, 0.1) is 6.10 Å². The molecule has 3 aliphatic rings. The van der Waals surface area contributed by atoms with Crippen molar-refractivity contribution < 1.29 is 55.2 Å². The summed E-state index contributed by atoms with van der Waals surface area (Å²) in [4.78, 5) is 26.0. The second-order valence-corrected chi connectivity index (χ2v) is 6.01. The van der Waals surface area contributed by atoms with E-state index < -0.39 is 6.10 Å². The van der Waals surface area contributed by atoms with Gasteiger partial charge in [-0.2, -0.15) is 0 Å². The number of likely N-dealkylation sites (N-methyl/N-ethyl adjacent to an activating group) is 2. The van der Waals surface area contributed by atoms with Crippen LogP contribution in [0.3, 0.4) is 0 Å². The van der Waals surface area contributed by atoms with Crippen LogP contribution in [0, 0.1) is 0 Å². The van der Waals surface area contributed by atoms with E-state index in [2.05, 4.69) is 11.5 Å². The normalized spacial score (nSPS) is 32.6. The molecular weight excluding hydrogens is 311 g/mol. The van der Waals surface area contributed by atoms with Crippen molar-refractivity contribution in [2.24, 2.45) is 0 Å². The molecule has 8 heteroatoms. The van der Waals surface area contributed by atoms with Crippen molar-refractivity contribution in [2.75, 3.05) is 33.8 Å². The number of likely N-dealkylation sites (tertiary alicyclic amines) is 2. The van der Waals surface area contributed by atoms with Crippen molar-refractivity contribution in [2.45, 2.75) is 37.1 Å². The topological polar surface area (TPSA) is 79.3 Å². The molecule has 0 aromatic heterocycles. The average molecular weight is 336 g/mol. The first-order valence-corrected chi connectivity index (χ1v) is 7.49. The molecule has 0 radical (unpaired) electrons. The molecule has 23 heavy (non-hydrogen) atoms. The number of ether oxygens (including phenoxy) is 2. The molecule has 2 bridgehead atoms. The van der Waals surface area contributed by atoms with Crippen LogP contribution in [0.25, 0.3) is 0 Å². The Hall–Kier alpha value is -0.440. The van der Waals surface area contributed by atoms with Crippen LogP contribution in [0.5, 0.6) is 0 Å². The van der Waals surface area contributed by atoms with Crippen LogP contribution in [0.15, 0.2) is 12.7 Å². The Bertz CT molecular complexity index is 454. The zero-order valence-corrected chi connectivity index (χ0v) is 16.1. The summed E-state index contributed by atoms with van der Waals surface area (Å²) in [5, 5.41) is 9.27. The van der Waals surface area contributed by atoms with Gasteiger partial charge < -0.3 is 16.0 Å².